The van der Waals surface area contributed by atoms with Crippen LogP contribution in [-0.4, -0.2) is 28.7 Å². The van der Waals surface area contributed by atoms with Crippen LogP contribution in [0.3, 0.4) is 0 Å². The van der Waals surface area contributed by atoms with Crippen LogP contribution in [-0.2, 0) is 6.54 Å². The lowest BCUT2D eigenvalue weighted by molar-refractivity contribution is 0.415. The van der Waals surface area contributed by atoms with Crippen LogP contribution < -0.4 is 4.74 Å². The van der Waals surface area contributed by atoms with Gasteiger partial charge in [-0.05, 0) is 42.1 Å². The zero-order chi connectivity index (χ0) is 15.4. The van der Waals surface area contributed by atoms with Crippen LogP contribution in [0.15, 0.2) is 65.3 Å². The first kappa shape index (κ1) is 14.7. The second-order valence-electron chi connectivity index (χ2n) is 4.83. The molecule has 1 aromatic carbocycles. The highest BCUT2D eigenvalue weighted by molar-refractivity contribution is 8.13. The average Bonchev–Trinajstić information content (AvgIpc) is 2.56. The number of aliphatic imine (C=N–C) groups is 1. The highest BCUT2D eigenvalue weighted by atomic mass is 32.2. The maximum absolute atomic E-state index is 5.18. The summed E-state index contributed by atoms with van der Waals surface area (Å²) in [6.07, 6.45) is 3.71. The number of hydrogen-bond donors (Lipinski definition) is 0. The summed E-state index contributed by atoms with van der Waals surface area (Å²) in [5.41, 5.74) is 2.12. The molecule has 2 aromatic rings. The second-order valence-corrected chi connectivity index (χ2v) is 5.79. The summed E-state index contributed by atoms with van der Waals surface area (Å²) < 4.78 is 5.18. The Morgan fingerprint density at radius 2 is 2.18 bits per heavy atom. The van der Waals surface area contributed by atoms with Crippen LogP contribution in [0, 0.1) is 0 Å². The molecule has 4 nitrogen and oxygen atoms in total. The fraction of sp³-hybridized carbons (Fsp3) is 0.176. The molecule has 0 spiro atoms. The summed E-state index contributed by atoms with van der Waals surface area (Å²) in [7, 11) is 1.66. The van der Waals surface area contributed by atoms with Crippen molar-refractivity contribution in [3.63, 3.8) is 0 Å². The molecule has 0 saturated heterocycles. The van der Waals surface area contributed by atoms with E-state index in [1.165, 1.54) is 5.56 Å². The third-order valence-corrected chi connectivity index (χ3v) is 4.41. The molecule has 0 N–H and O–H groups in total. The minimum absolute atomic E-state index is 0.760. The minimum Gasteiger partial charge on any atom is -0.497 e. The number of aromatic nitrogens is 1. The molecule has 0 unspecified atom stereocenters. The highest BCUT2D eigenvalue weighted by Crippen LogP contribution is 2.32. The molecule has 0 radical (unpaired) electrons. The minimum atomic E-state index is 0.760. The van der Waals surface area contributed by atoms with E-state index in [9.17, 15) is 0 Å². The first-order valence-corrected chi connectivity index (χ1v) is 7.82. The highest BCUT2D eigenvalue weighted by Gasteiger charge is 2.22. The van der Waals surface area contributed by atoms with E-state index in [0.717, 1.165) is 34.7 Å². The molecular weight excluding hydrogens is 294 g/mol. The Labute approximate surface area is 134 Å². The summed E-state index contributed by atoms with van der Waals surface area (Å²) >= 11 is 1.60. The molecule has 22 heavy (non-hydrogen) atoms. The van der Waals surface area contributed by atoms with Crippen molar-refractivity contribution in [3.8, 4) is 5.75 Å². The average molecular weight is 311 g/mol. The smallest absolute Gasteiger partial charge is 0.171 e. The quantitative estimate of drug-likeness (QED) is 0.803. The molecule has 0 bridgehead atoms. The molecule has 0 fully saturated rings. The van der Waals surface area contributed by atoms with Gasteiger partial charge in [0.25, 0.3) is 0 Å². The van der Waals surface area contributed by atoms with Crippen molar-refractivity contribution < 1.29 is 4.74 Å². The van der Waals surface area contributed by atoms with Gasteiger partial charge in [0, 0.05) is 24.8 Å². The Morgan fingerprint density at radius 3 is 2.91 bits per heavy atom. The van der Waals surface area contributed by atoms with Crippen molar-refractivity contribution in [2.24, 2.45) is 4.99 Å². The SMILES string of the molecule is C=CCN1Cc2cccnc2SC1=Nc1ccc(OC)cc1. The lowest BCUT2D eigenvalue weighted by Crippen LogP contribution is -2.32. The molecule has 0 aliphatic carbocycles. The van der Waals surface area contributed by atoms with Gasteiger partial charge in [0.2, 0.25) is 0 Å². The first-order valence-electron chi connectivity index (χ1n) is 7.00. The number of pyridine rings is 1. The lowest BCUT2D eigenvalue weighted by Gasteiger charge is -2.29. The van der Waals surface area contributed by atoms with E-state index in [4.69, 9.17) is 9.73 Å². The van der Waals surface area contributed by atoms with Crippen LogP contribution in [0.25, 0.3) is 0 Å². The van der Waals surface area contributed by atoms with Crippen LogP contribution in [0.5, 0.6) is 5.75 Å². The number of hydrogen-bond acceptors (Lipinski definition) is 4. The fourth-order valence-electron chi connectivity index (χ4n) is 2.22. The number of methoxy groups -OCH3 is 1. The summed E-state index contributed by atoms with van der Waals surface area (Å²) in [5, 5.41) is 1.96. The Kier molecular flexibility index (Phi) is 4.44. The van der Waals surface area contributed by atoms with Crippen molar-refractivity contribution in [2.75, 3.05) is 13.7 Å². The van der Waals surface area contributed by atoms with Crippen molar-refractivity contribution in [2.45, 2.75) is 11.6 Å². The van der Waals surface area contributed by atoms with E-state index in [1.807, 2.05) is 42.6 Å². The Bertz CT molecular complexity index is 697. The lowest BCUT2D eigenvalue weighted by atomic mass is 10.2. The van der Waals surface area contributed by atoms with Gasteiger partial charge in [0.1, 0.15) is 10.8 Å². The van der Waals surface area contributed by atoms with Gasteiger partial charge in [-0.25, -0.2) is 9.98 Å². The molecule has 5 heteroatoms. The van der Waals surface area contributed by atoms with E-state index < -0.39 is 0 Å². The second kappa shape index (κ2) is 6.66. The predicted octanol–water partition coefficient (Wildman–Crippen LogP) is 3.87. The van der Waals surface area contributed by atoms with Gasteiger partial charge in [-0.2, -0.15) is 0 Å². The normalized spacial score (nSPS) is 15.5. The van der Waals surface area contributed by atoms with Gasteiger partial charge in [0.05, 0.1) is 12.8 Å². The van der Waals surface area contributed by atoms with Crippen molar-refractivity contribution >= 4 is 22.6 Å². The largest absolute Gasteiger partial charge is 0.497 e. The number of nitrogens with zero attached hydrogens (tertiary/aromatic N) is 3. The van der Waals surface area contributed by atoms with E-state index in [2.05, 4.69) is 22.5 Å². The van der Waals surface area contributed by atoms with Gasteiger partial charge in [0.15, 0.2) is 5.17 Å². The van der Waals surface area contributed by atoms with E-state index in [-0.39, 0.29) is 0 Å². The molecule has 1 aromatic heterocycles. The maximum Gasteiger partial charge on any atom is 0.171 e. The number of fused-ring (bicyclic) bond motifs is 1. The summed E-state index contributed by atoms with van der Waals surface area (Å²) in [6, 6.07) is 11.8. The maximum atomic E-state index is 5.18. The number of ether oxygens (including phenoxy) is 1. The molecule has 0 amide bonds. The number of rotatable bonds is 4. The van der Waals surface area contributed by atoms with Gasteiger partial charge in [-0.3, -0.25) is 0 Å². The molecule has 2 heterocycles. The zero-order valence-corrected chi connectivity index (χ0v) is 13.2. The molecular formula is C17H17N3OS. The van der Waals surface area contributed by atoms with E-state index in [0.29, 0.717) is 0 Å². The molecule has 112 valence electrons. The van der Waals surface area contributed by atoms with Gasteiger partial charge in [-0.1, -0.05) is 12.1 Å². The topological polar surface area (TPSA) is 37.7 Å². The van der Waals surface area contributed by atoms with Crippen LogP contribution >= 0.6 is 11.8 Å². The number of benzene rings is 1. The van der Waals surface area contributed by atoms with Gasteiger partial charge in [-0.15, -0.1) is 6.58 Å². The third kappa shape index (κ3) is 3.14. The van der Waals surface area contributed by atoms with Crippen LogP contribution in [0.4, 0.5) is 5.69 Å². The summed E-state index contributed by atoms with van der Waals surface area (Å²) in [4.78, 5) is 11.4. The number of amidine groups is 1. The van der Waals surface area contributed by atoms with E-state index >= 15 is 0 Å². The molecule has 1 aliphatic heterocycles. The Hall–Kier alpha value is -2.27. The Morgan fingerprint density at radius 1 is 1.36 bits per heavy atom. The first-order chi connectivity index (χ1) is 10.8. The molecule has 1 aliphatic rings. The summed E-state index contributed by atoms with van der Waals surface area (Å²) in [5.74, 6) is 0.829. The van der Waals surface area contributed by atoms with Crippen molar-refractivity contribution in [1.82, 2.24) is 9.88 Å². The zero-order valence-electron chi connectivity index (χ0n) is 12.4. The molecule has 0 atom stereocenters. The standard InChI is InChI=1S/C17H17N3OS/c1-3-11-20-12-13-5-4-10-18-16(13)22-17(20)19-14-6-8-15(21-2)9-7-14/h3-10H,1,11-12H2,2H3. The number of thioether (sulfide) groups is 1. The molecule has 0 saturated carbocycles. The summed E-state index contributed by atoms with van der Waals surface area (Å²) in [6.45, 7) is 5.40. The van der Waals surface area contributed by atoms with Crippen molar-refractivity contribution in [3.05, 3.63) is 60.8 Å². The Balaban J connectivity index is 1.92. The monoisotopic (exact) mass is 311 g/mol. The van der Waals surface area contributed by atoms with Crippen LogP contribution in [0.2, 0.25) is 0 Å². The predicted molar refractivity (Wildman–Crippen MR) is 90.8 cm³/mol. The van der Waals surface area contributed by atoms with Gasteiger partial charge >= 0.3 is 0 Å². The third-order valence-electron chi connectivity index (χ3n) is 3.32. The van der Waals surface area contributed by atoms with Crippen LogP contribution in [0.1, 0.15) is 5.56 Å². The van der Waals surface area contributed by atoms with Gasteiger partial charge < -0.3 is 9.64 Å². The fourth-order valence-corrected chi connectivity index (χ4v) is 3.19. The van der Waals surface area contributed by atoms with Crippen molar-refractivity contribution in [1.29, 1.82) is 0 Å². The molecule has 3 rings (SSSR count). The van der Waals surface area contributed by atoms with E-state index in [1.54, 1.807) is 18.9 Å².